The Hall–Kier alpha value is -4.64. The van der Waals surface area contributed by atoms with Crippen LogP contribution in [0.4, 0.5) is 23.2 Å². The van der Waals surface area contributed by atoms with Gasteiger partial charge >= 0.3 is 23.8 Å². The number of esters is 1. The number of amides is 1. The van der Waals surface area contributed by atoms with Crippen LogP contribution in [0.5, 0.6) is 11.5 Å². The van der Waals surface area contributed by atoms with Crippen LogP contribution < -0.4 is 20.3 Å². The number of anilines is 4. The van der Waals surface area contributed by atoms with Gasteiger partial charge in [-0.2, -0.15) is 0 Å². The van der Waals surface area contributed by atoms with Crippen LogP contribution >= 0.6 is 11.6 Å². The molecule has 0 saturated carbocycles. The lowest BCUT2D eigenvalue weighted by Crippen LogP contribution is -2.37. The van der Waals surface area contributed by atoms with Gasteiger partial charge in [-0.15, -0.1) is 5.10 Å². The molecule has 0 radical (unpaired) electrons. The fraction of sp³-hybridized carbons (Fsp3) is 0.222. The number of carbonyl (C=O) groups excluding carboxylic acids is 2. The van der Waals surface area contributed by atoms with E-state index < -0.39 is 5.91 Å². The van der Waals surface area contributed by atoms with Crippen molar-refractivity contribution in [2.45, 2.75) is 12.8 Å². The standard InChI is InChI=1S/C27H25ClN6O5/c1-37-26(36)17-12-14-34(15-13-17)23-11-6-20(16-29-23)30-24(35)25-32-33-27(39-25)31-19-4-9-22(10-5-19)38-21-7-2-18(28)3-8-21/h2-11,16-17H,12-15H2,1H3,(H,30,35)(H,31,33). The van der Waals surface area contributed by atoms with Crippen molar-refractivity contribution in [3.8, 4) is 11.5 Å². The summed E-state index contributed by atoms with van der Waals surface area (Å²) < 4.78 is 16.1. The molecule has 12 heteroatoms. The molecule has 200 valence electrons. The van der Waals surface area contributed by atoms with Gasteiger partial charge in [0.2, 0.25) is 0 Å². The second-order valence-electron chi connectivity index (χ2n) is 8.76. The average molecular weight is 549 g/mol. The third-order valence-electron chi connectivity index (χ3n) is 6.13. The quantitative estimate of drug-likeness (QED) is 0.280. The smallest absolute Gasteiger partial charge is 0.320 e. The van der Waals surface area contributed by atoms with Crippen molar-refractivity contribution in [1.29, 1.82) is 0 Å². The van der Waals surface area contributed by atoms with E-state index in [1.165, 1.54) is 7.11 Å². The molecule has 4 aromatic rings. The molecule has 0 bridgehead atoms. The first-order valence-electron chi connectivity index (χ1n) is 12.2. The summed E-state index contributed by atoms with van der Waals surface area (Å²) in [6.45, 7) is 1.41. The molecule has 11 nitrogen and oxygen atoms in total. The minimum Gasteiger partial charge on any atom is -0.469 e. The monoisotopic (exact) mass is 548 g/mol. The molecule has 1 aliphatic rings. The molecule has 1 aliphatic heterocycles. The van der Waals surface area contributed by atoms with E-state index in [1.54, 1.807) is 60.8 Å². The van der Waals surface area contributed by atoms with Crippen molar-refractivity contribution < 1.29 is 23.5 Å². The second-order valence-corrected chi connectivity index (χ2v) is 9.20. The van der Waals surface area contributed by atoms with E-state index in [4.69, 9.17) is 25.5 Å². The number of halogens is 1. The van der Waals surface area contributed by atoms with Crippen molar-refractivity contribution in [3.63, 3.8) is 0 Å². The van der Waals surface area contributed by atoms with Crippen LogP contribution in [0.1, 0.15) is 23.5 Å². The molecule has 1 amide bonds. The summed E-state index contributed by atoms with van der Waals surface area (Å²) in [6, 6.07) is 17.8. The molecule has 2 aromatic carbocycles. The number of aromatic nitrogens is 3. The highest BCUT2D eigenvalue weighted by molar-refractivity contribution is 6.30. The molecular weight excluding hydrogens is 524 g/mol. The van der Waals surface area contributed by atoms with Crippen LogP contribution in [-0.4, -0.2) is 47.3 Å². The largest absolute Gasteiger partial charge is 0.469 e. The third-order valence-corrected chi connectivity index (χ3v) is 6.39. The molecule has 0 unspecified atom stereocenters. The van der Waals surface area contributed by atoms with Crippen LogP contribution in [0.15, 0.2) is 71.3 Å². The first-order chi connectivity index (χ1) is 19.0. The summed E-state index contributed by atoms with van der Waals surface area (Å²) in [4.78, 5) is 30.8. The third kappa shape index (κ3) is 6.63. The van der Waals surface area contributed by atoms with Gasteiger partial charge < -0.3 is 29.4 Å². The van der Waals surface area contributed by atoms with Crippen LogP contribution in [0.3, 0.4) is 0 Å². The van der Waals surface area contributed by atoms with E-state index in [0.717, 1.165) is 5.82 Å². The topological polar surface area (TPSA) is 132 Å². The van der Waals surface area contributed by atoms with Crippen molar-refractivity contribution in [2.75, 3.05) is 35.7 Å². The summed E-state index contributed by atoms with van der Waals surface area (Å²) in [6.07, 6.45) is 2.98. The Bertz CT molecular complexity index is 1420. The average Bonchev–Trinajstić information content (AvgIpc) is 3.44. The number of hydrogen-bond acceptors (Lipinski definition) is 10. The fourth-order valence-corrected chi connectivity index (χ4v) is 4.20. The Balaban J connectivity index is 1.12. The zero-order valence-corrected chi connectivity index (χ0v) is 21.7. The first-order valence-corrected chi connectivity index (χ1v) is 12.6. The zero-order chi connectivity index (χ0) is 27.2. The molecule has 0 spiro atoms. The maximum absolute atomic E-state index is 12.6. The van der Waals surface area contributed by atoms with Crippen LogP contribution in [0.2, 0.25) is 5.02 Å². The lowest BCUT2D eigenvalue weighted by atomic mass is 9.97. The highest BCUT2D eigenvalue weighted by Crippen LogP contribution is 2.26. The van der Waals surface area contributed by atoms with Gasteiger partial charge in [0.05, 0.1) is 24.9 Å². The highest BCUT2D eigenvalue weighted by atomic mass is 35.5. The molecule has 0 aliphatic carbocycles. The number of carbonyl (C=O) groups is 2. The van der Waals surface area contributed by atoms with Gasteiger partial charge in [0.25, 0.3) is 0 Å². The van der Waals surface area contributed by atoms with Gasteiger partial charge in [0, 0.05) is 23.8 Å². The molecule has 2 N–H and O–H groups in total. The first kappa shape index (κ1) is 26.0. The molecule has 2 aromatic heterocycles. The number of ether oxygens (including phenoxy) is 2. The maximum Gasteiger partial charge on any atom is 0.320 e. The van der Waals surface area contributed by atoms with E-state index in [0.29, 0.717) is 53.8 Å². The van der Waals surface area contributed by atoms with Crippen molar-refractivity contribution in [3.05, 3.63) is 77.8 Å². The number of pyridine rings is 1. The number of methoxy groups -OCH3 is 1. The van der Waals surface area contributed by atoms with Gasteiger partial charge in [0.1, 0.15) is 17.3 Å². The summed E-state index contributed by atoms with van der Waals surface area (Å²) in [7, 11) is 1.41. The SMILES string of the molecule is COC(=O)C1CCN(c2ccc(NC(=O)c3nnc(Nc4ccc(Oc5ccc(Cl)cc5)cc4)o3)cn2)CC1. The Morgan fingerprint density at radius 1 is 0.949 bits per heavy atom. The molecular formula is C27H25ClN6O5. The zero-order valence-electron chi connectivity index (χ0n) is 21.0. The molecule has 5 rings (SSSR count). The van der Waals surface area contributed by atoms with Crippen molar-refractivity contribution in [1.82, 2.24) is 15.2 Å². The van der Waals surface area contributed by atoms with E-state index in [-0.39, 0.29) is 23.8 Å². The number of piperidine rings is 1. The Morgan fingerprint density at radius 3 is 2.26 bits per heavy atom. The highest BCUT2D eigenvalue weighted by Gasteiger charge is 2.26. The second kappa shape index (κ2) is 11.8. The number of nitrogens with one attached hydrogen (secondary N) is 2. The van der Waals surface area contributed by atoms with Gasteiger partial charge in [0.15, 0.2) is 0 Å². The van der Waals surface area contributed by atoms with Gasteiger partial charge in [-0.25, -0.2) is 4.98 Å². The van der Waals surface area contributed by atoms with Crippen LogP contribution in [-0.2, 0) is 9.53 Å². The predicted molar refractivity (Wildman–Crippen MR) is 145 cm³/mol. The number of benzene rings is 2. The minimum atomic E-state index is -0.560. The molecule has 1 fully saturated rings. The van der Waals surface area contributed by atoms with Crippen LogP contribution in [0.25, 0.3) is 0 Å². The lowest BCUT2D eigenvalue weighted by molar-refractivity contribution is -0.146. The van der Waals surface area contributed by atoms with E-state index >= 15 is 0 Å². The van der Waals surface area contributed by atoms with Crippen molar-refractivity contribution in [2.24, 2.45) is 5.92 Å². The summed E-state index contributed by atoms with van der Waals surface area (Å²) >= 11 is 5.90. The number of nitrogens with zero attached hydrogens (tertiary/aromatic N) is 4. The van der Waals surface area contributed by atoms with E-state index in [1.807, 2.05) is 6.07 Å². The lowest BCUT2D eigenvalue weighted by Gasteiger charge is -2.31. The van der Waals surface area contributed by atoms with Crippen LogP contribution in [0, 0.1) is 5.92 Å². The molecule has 1 saturated heterocycles. The number of rotatable bonds is 8. The molecule has 3 heterocycles. The number of hydrogen-bond donors (Lipinski definition) is 2. The van der Waals surface area contributed by atoms with Gasteiger partial charge in [-0.05, 0) is 73.5 Å². The normalized spacial score (nSPS) is 13.5. The van der Waals surface area contributed by atoms with Gasteiger partial charge in [-0.3, -0.25) is 9.59 Å². The Kier molecular flexibility index (Phi) is 7.88. The Labute approximate surface area is 229 Å². The van der Waals surface area contributed by atoms with Gasteiger partial charge in [-0.1, -0.05) is 16.7 Å². The van der Waals surface area contributed by atoms with E-state index in [2.05, 4.69) is 30.7 Å². The summed E-state index contributed by atoms with van der Waals surface area (Å²) in [5, 5.41) is 14.0. The van der Waals surface area contributed by atoms with E-state index in [9.17, 15) is 9.59 Å². The predicted octanol–water partition coefficient (Wildman–Crippen LogP) is 5.30. The maximum atomic E-state index is 12.6. The fourth-order valence-electron chi connectivity index (χ4n) is 4.08. The summed E-state index contributed by atoms with van der Waals surface area (Å²) in [5.74, 6) is 1.07. The minimum absolute atomic E-state index is 0.0651. The van der Waals surface area contributed by atoms with Crippen molar-refractivity contribution >= 4 is 46.7 Å². The molecule has 0 atom stereocenters. The summed E-state index contributed by atoms with van der Waals surface area (Å²) in [5.41, 5.74) is 1.15. The Morgan fingerprint density at radius 2 is 1.62 bits per heavy atom. The molecule has 39 heavy (non-hydrogen) atoms.